The van der Waals surface area contributed by atoms with E-state index in [0.29, 0.717) is 17.6 Å². The fourth-order valence-electron chi connectivity index (χ4n) is 1.52. The maximum absolute atomic E-state index is 11.3. The molecule has 1 rings (SSSR count). The van der Waals surface area contributed by atoms with Crippen LogP contribution in [0.1, 0.15) is 23.6 Å². The minimum atomic E-state index is 0.211. The van der Waals surface area contributed by atoms with Gasteiger partial charge in [-0.3, -0.25) is 4.79 Å². The van der Waals surface area contributed by atoms with Crippen LogP contribution < -0.4 is 0 Å². The highest BCUT2D eigenvalue weighted by Crippen LogP contribution is 2.15. The molecule has 0 atom stereocenters. The molecule has 0 bridgehead atoms. The van der Waals surface area contributed by atoms with E-state index >= 15 is 0 Å². The molecule has 15 heavy (non-hydrogen) atoms. The summed E-state index contributed by atoms with van der Waals surface area (Å²) < 4.78 is 0. The third-order valence-electron chi connectivity index (χ3n) is 2.34. The number of hydrogen-bond acceptors (Lipinski definition) is 1. The number of Topliss-reactive ketones (excluding diaryl/α,β-unsaturated/α-hetero) is 1. The fraction of sp³-hybridized carbons (Fsp3) is 0.417. The summed E-state index contributed by atoms with van der Waals surface area (Å²) in [5, 5.41) is 0.424. The summed E-state index contributed by atoms with van der Waals surface area (Å²) in [7, 11) is 0. The van der Waals surface area contributed by atoms with Gasteiger partial charge < -0.3 is 0 Å². The van der Waals surface area contributed by atoms with Crippen molar-refractivity contribution in [1.29, 1.82) is 0 Å². The van der Waals surface area contributed by atoms with Crippen molar-refractivity contribution < 1.29 is 4.79 Å². The van der Waals surface area contributed by atoms with E-state index in [2.05, 4.69) is 28.9 Å². The Hall–Kier alpha value is -0.340. The van der Waals surface area contributed by atoms with Crippen molar-refractivity contribution in [2.45, 2.75) is 25.6 Å². The molecule has 1 aromatic rings. The number of carbonyl (C=O) groups excluding carboxylic acids is 1. The highest BCUT2D eigenvalue weighted by Gasteiger charge is 2.06. The van der Waals surface area contributed by atoms with E-state index in [9.17, 15) is 4.79 Å². The molecule has 0 aliphatic carbocycles. The number of aryl methyl sites for hydroxylation is 1. The van der Waals surface area contributed by atoms with Crippen molar-refractivity contribution in [2.24, 2.45) is 0 Å². The van der Waals surface area contributed by atoms with E-state index in [1.807, 2.05) is 12.1 Å². The second-order valence-corrected chi connectivity index (χ2v) is 4.27. The van der Waals surface area contributed by atoms with E-state index in [0.717, 1.165) is 17.5 Å². The molecule has 0 spiro atoms. The number of hydrogen-bond donors (Lipinski definition) is 0. The monoisotopic (exact) mass is 288 g/mol. The van der Waals surface area contributed by atoms with Crippen molar-refractivity contribution >= 4 is 33.3 Å². The van der Waals surface area contributed by atoms with Gasteiger partial charge in [-0.25, -0.2) is 0 Å². The van der Waals surface area contributed by atoms with Crippen LogP contribution in [0.4, 0.5) is 0 Å². The van der Waals surface area contributed by atoms with Gasteiger partial charge in [0.25, 0.3) is 0 Å². The lowest BCUT2D eigenvalue weighted by molar-refractivity contribution is -0.115. The largest absolute Gasteiger partial charge is 0.298 e. The molecule has 1 nitrogen and oxygen atoms in total. The summed E-state index contributed by atoms with van der Waals surface area (Å²) >= 11 is 8.94. The second-order valence-electron chi connectivity index (χ2n) is 3.44. The lowest BCUT2D eigenvalue weighted by Crippen LogP contribution is -2.06. The quantitative estimate of drug-likeness (QED) is 0.758. The second kappa shape index (κ2) is 6.29. The third kappa shape index (κ3) is 3.62. The van der Waals surface area contributed by atoms with Crippen LogP contribution in [-0.2, 0) is 23.5 Å². The normalized spacial score (nSPS) is 10.3. The lowest BCUT2D eigenvalue weighted by Gasteiger charge is -2.08. The topological polar surface area (TPSA) is 17.1 Å². The number of carbonyl (C=O) groups is 1. The van der Waals surface area contributed by atoms with Crippen molar-refractivity contribution in [3.05, 3.63) is 34.9 Å². The molecular formula is C12H14BrClO. The maximum atomic E-state index is 11.3. The smallest absolute Gasteiger partial charge is 0.147 e. The van der Waals surface area contributed by atoms with E-state index in [-0.39, 0.29) is 5.78 Å². The third-order valence-corrected chi connectivity index (χ3v) is 3.28. The summed E-state index contributed by atoms with van der Waals surface area (Å²) in [5.41, 5.74) is 3.46. The van der Waals surface area contributed by atoms with Gasteiger partial charge in [-0.1, -0.05) is 41.1 Å². The summed E-state index contributed by atoms with van der Waals surface area (Å²) in [5.74, 6) is 0.739. The molecule has 0 N–H and O–H groups in total. The Bertz CT molecular complexity index is 349. The molecular weight excluding hydrogens is 275 g/mol. The van der Waals surface area contributed by atoms with Crippen LogP contribution in [0.15, 0.2) is 18.2 Å². The molecule has 0 aliphatic rings. The first-order chi connectivity index (χ1) is 7.21. The molecule has 0 heterocycles. The number of halogens is 2. The van der Waals surface area contributed by atoms with E-state index in [1.165, 1.54) is 5.56 Å². The average molecular weight is 290 g/mol. The molecule has 0 fully saturated rings. The van der Waals surface area contributed by atoms with Crippen molar-refractivity contribution in [3.63, 3.8) is 0 Å². The van der Waals surface area contributed by atoms with Crippen LogP contribution in [0, 0.1) is 0 Å². The molecule has 0 saturated heterocycles. The summed E-state index contributed by atoms with van der Waals surface area (Å²) in [6, 6.07) is 6.09. The number of rotatable bonds is 5. The van der Waals surface area contributed by atoms with Crippen LogP contribution in [0.5, 0.6) is 0 Å². The minimum Gasteiger partial charge on any atom is -0.298 e. The molecule has 0 saturated carbocycles. The Morgan fingerprint density at radius 3 is 2.67 bits per heavy atom. The summed E-state index contributed by atoms with van der Waals surface area (Å²) in [6.45, 7) is 2.09. The number of alkyl halides is 2. The van der Waals surface area contributed by atoms with Crippen molar-refractivity contribution in [3.8, 4) is 0 Å². The van der Waals surface area contributed by atoms with Gasteiger partial charge in [0.1, 0.15) is 5.78 Å². The van der Waals surface area contributed by atoms with Gasteiger partial charge in [-0.2, -0.15) is 0 Å². The molecule has 0 radical (unpaired) electrons. The zero-order valence-electron chi connectivity index (χ0n) is 8.72. The molecule has 1 aromatic carbocycles. The molecule has 3 heteroatoms. The van der Waals surface area contributed by atoms with Gasteiger partial charge in [0, 0.05) is 12.3 Å². The predicted octanol–water partition coefficient (Wildman–Crippen LogP) is 3.49. The lowest BCUT2D eigenvalue weighted by atomic mass is 9.99. The van der Waals surface area contributed by atoms with Gasteiger partial charge in [0.2, 0.25) is 0 Å². The molecule has 0 unspecified atom stereocenters. The number of ketones is 1. The first-order valence-electron chi connectivity index (χ1n) is 4.95. The Kier molecular flexibility index (Phi) is 5.34. The van der Waals surface area contributed by atoms with Gasteiger partial charge in [-0.15, -0.1) is 11.6 Å². The molecule has 0 amide bonds. The predicted molar refractivity (Wildman–Crippen MR) is 67.9 cm³/mol. The zero-order chi connectivity index (χ0) is 11.3. The Balaban J connectivity index is 2.92. The summed E-state index contributed by atoms with van der Waals surface area (Å²) in [6.07, 6.45) is 1.45. The van der Waals surface area contributed by atoms with Gasteiger partial charge in [0.05, 0.1) is 5.33 Å². The Labute approximate surface area is 104 Å². The van der Waals surface area contributed by atoms with Gasteiger partial charge >= 0.3 is 0 Å². The van der Waals surface area contributed by atoms with Crippen LogP contribution >= 0.6 is 27.5 Å². The standard InChI is InChI=1S/C12H14BrClO/c1-2-10-5-9(8-14)3-4-11(10)6-12(15)7-13/h3-5H,2,6-8H2,1H3. The Morgan fingerprint density at radius 1 is 1.40 bits per heavy atom. The maximum Gasteiger partial charge on any atom is 0.147 e. The highest BCUT2D eigenvalue weighted by atomic mass is 79.9. The molecule has 0 aliphatic heterocycles. The van der Waals surface area contributed by atoms with Crippen LogP contribution in [0.2, 0.25) is 0 Å². The molecule has 0 aromatic heterocycles. The first-order valence-corrected chi connectivity index (χ1v) is 6.61. The SMILES string of the molecule is CCc1cc(CCl)ccc1CC(=O)CBr. The fourth-order valence-corrected chi connectivity index (χ4v) is 1.89. The molecule has 82 valence electrons. The Morgan fingerprint density at radius 2 is 2.13 bits per heavy atom. The van der Waals surface area contributed by atoms with E-state index < -0.39 is 0 Å². The van der Waals surface area contributed by atoms with E-state index in [1.54, 1.807) is 0 Å². The van der Waals surface area contributed by atoms with Crippen LogP contribution in [-0.4, -0.2) is 11.1 Å². The van der Waals surface area contributed by atoms with Crippen molar-refractivity contribution in [2.75, 3.05) is 5.33 Å². The first kappa shape index (κ1) is 12.7. The van der Waals surface area contributed by atoms with Crippen molar-refractivity contribution in [1.82, 2.24) is 0 Å². The zero-order valence-corrected chi connectivity index (χ0v) is 11.1. The summed E-state index contributed by atoms with van der Waals surface area (Å²) in [4.78, 5) is 11.3. The van der Waals surface area contributed by atoms with Crippen LogP contribution in [0.3, 0.4) is 0 Å². The highest BCUT2D eigenvalue weighted by molar-refractivity contribution is 9.09. The average Bonchev–Trinajstić information content (AvgIpc) is 2.29. The van der Waals surface area contributed by atoms with E-state index in [4.69, 9.17) is 11.6 Å². The number of benzene rings is 1. The van der Waals surface area contributed by atoms with Crippen LogP contribution in [0.25, 0.3) is 0 Å². The minimum absolute atomic E-state index is 0.211. The van der Waals surface area contributed by atoms with Gasteiger partial charge in [-0.05, 0) is 23.1 Å². The van der Waals surface area contributed by atoms with Gasteiger partial charge in [0.15, 0.2) is 0 Å².